The molecule has 5 nitrogen and oxygen atoms in total. The van der Waals surface area contributed by atoms with Crippen molar-refractivity contribution in [3.63, 3.8) is 0 Å². The molecular formula is C18H22N4O. The normalized spacial score (nSPS) is 16.9. The zero-order valence-electron chi connectivity index (χ0n) is 13.3. The maximum Gasteiger partial charge on any atom is 0.243 e. The maximum atomic E-state index is 12.6. The summed E-state index contributed by atoms with van der Waals surface area (Å²) < 4.78 is 0. The van der Waals surface area contributed by atoms with Crippen molar-refractivity contribution in [3.05, 3.63) is 48.3 Å². The molecule has 0 saturated carbocycles. The van der Waals surface area contributed by atoms with Crippen LogP contribution in [0.5, 0.6) is 0 Å². The van der Waals surface area contributed by atoms with E-state index in [2.05, 4.69) is 28.2 Å². The van der Waals surface area contributed by atoms with Gasteiger partial charge in [0.05, 0.1) is 0 Å². The molecule has 1 amide bonds. The number of rotatable bonds is 4. The summed E-state index contributed by atoms with van der Waals surface area (Å²) in [6.07, 6.45) is 6.72. The number of anilines is 1. The highest BCUT2D eigenvalue weighted by Crippen LogP contribution is 2.19. The van der Waals surface area contributed by atoms with Gasteiger partial charge in [-0.15, -0.1) is 0 Å². The summed E-state index contributed by atoms with van der Waals surface area (Å²) in [5.74, 6) is -0.0474. The average Bonchev–Trinajstić information content (AvgIpc) is 2.57. The van der Waals surface area contributed by atoms with Crippen molar-refractivity contribution in [1.29, 1.82) is 0 Å². The van der Waals surface area contributed by atoms with Gasteiger partial charge in [-0.05, 0) is 36.9 Å². The molecule has 0 fully saturated rings. The van der Waals surface area contributed by atoms with E-state index in [0.717, 1.165) is 36.0 Å². The van der Waals surface area contributed by atoms with Crippen molar-refractivity contribution >= 4 is 22.4 Å². The van der Waals surface area contributed by atoms with Crippen LogP contribution in [0, 0.1) is 0 Å². The van der Waals surface area contributed by atoms with Crippen LogP contribution in [0.25, 0.3) is 10.8 Å². The van der Waals surface area contributed by atoms with Crippen molar-refractivity contribution in [3.8, 4) is 0 Å². The number of nitrogens with one attached hydrogen (secondary N) is 1. The van der Waals surface area contributed by atoms with Gasteiger partial charge in [0, 0.05) is 43.1 Å². The summed E-state index contributed by atoms with van der Waals surface area (Å²) in [6, 6.07) is 7.46. The van der Waals surface area contributed by atoms with Crippen LogP contribution >= 0.6 is 0 Å². The minimum atomic E-state index is -0.299. The molecule has 1 unspecified atom stereocenters. The Morgan fingerprint density at radius 1 is 1.39 bits per heavy atom. The minimum Gasteiger partial charge on any atom is -0.328 e. The van der Waals surface area contributed by atoms with Gasteiger partial charge in [-0.3, -0.25) is 14.7 Å². The van der Waals surface area contributed by atoms with Gasteiger partial charge in [0.25, 0.3) is 0 Å². The smallest absolute Gasteiger partial charge is 0.243 e. The minimum absolute atomic E-state index is 0.0474. The third kappa shape index (κ3) is 3.57. The highest BCUT2D eigenvalue weighted by Gasteiger charge is 2.25. The zero-order chi connectivity index (χ0) is 16.2. The second-order valence-electron chi connectivity index (χ2n) is 5.97. The first-order chi connectivity index (χ1) is 11.2. The molecule has 1 aliphatic heterocycles. The molecule has 5 heteroatoms. The molecule has 0 bridgehead atoms. The molecule has 3 rings (SSSR count). The number of aromatic nitrogens is 1. The molecule has 0 spiro atoms. The highest BCUT2D eigenvalue weighted by molar-refractivity contribution is 5.97. The van der Waals surface area contributed by atoms with Gasteiger partial charge in [0.15, 0.2) is 0 Å². The van der Waals surface area contributed by atoms with E-state index in [1.807, 2.05) is 30.5 Å². The van der Waals surface area contributed by atoms with Gasteiger partial charge in [-0.1, -0.05) is 17.7 Å². The Morgan fingerprint density at radius 3 is 3.00 bits per heavy atom. The maximum absolute atomic E-state index is 12.6. The Balaban J connectivity index is 1.73. The van der Waals surface area contributed by atoms with E-state index >= 15 is 0 Å². The van der Waals surface area contributed by atoms with Crippen molar-refractivity contribution in [1.82, 2.24) is 9.88 Å². The first kappa shape index (κ1) is 15.6. The number of carbonyl (C=O) groups is 1. The first-order valence-corrected chi connectivity index (χ1v) is 7.92. The molecule has 1 atom stereocenters. The number of fused-ring (bicyclic) bond motifs is 1. The fourth-order valence-electron chi connectivity index (χ4n) is 2.88. The number of nitrogens with two attached hydrogens (primary N) is 1. The van der Waals surface area contributed by atoms with Crippen molar-refractivity contribution in [2.75, 3.05) is 25.0 Å². The van der Waals surface area contributed by atoms with E-state index in [9.17, 15) is 4.79 Å². The largest absolute Gasteiger partial charge is 0.328 e. The van der Waals surface area contributed by atoms with Gasteiger partial charge < -0.3 is 11.1 Å². The molecule has 3 N–H and O–H groups in total. The summed E-state index contributed by atoms with van der Waals surface area (Å²) >= 11 is 0. The number of hydrogen-bond acceptors (Lipinski definition) is 4. The van der Waals surface area contributed by atoms with Crippen LogP contribution in [-0.2, 0) is 4.79 Å². The second kappa shape index (κ2) is 6.89. The molecule has 1 aromatic carbocycles. The number of amides is 1. The van der Waals surface area contributed by atoms with Gasteiger partial charge in [0.1, 0.15) is 6.04 Å². The zero-order valence-corrected chi connectivity index (χ0v) is 13.3. The third-order valence-corrected chi connectivity index (χ3v) is 4.34. The average molecular weight is 310 g/mol. The predicted octanol–water partition coefficient (Wildman–Crippen LogP) is 2.15. The summed E-state index contributed by atoms with van der Waals surface area (Å²) in [5.41, 5.74) is 8.02. The Hall–Kier alpha value is -2.24. The van der Waals surface area contributed by atoms with E-state index in [1.54, 1.807) is 6.20 Å². The Morgan fingerprint density at radius 2 is 2.26 bits per heavy atom. The number of carbonyl (C=O) groups excluding carboxylic acids is 1. The molecule has 23 heavy (non-hydrogen) atoms. The second-order valence-corrected chi connectivity index (χ2v) is 5.97. The molecule has 1 aromatic heterocycles. The van der Waals surface area contributed by atoms with E-state index in [1.165, 1.54) is 5.57 Å². The van der Waals surface area contributed by atoms with Crippen molar-refractivity contribution in [2.24, 2.45) is 5.73 Å². The monoisotopic (exact) mass is 310 g/mol. The molecule has 1 aliphatic rings. The van der Waals surface area contributed by atoms with Gasteiger partial charge >= 0.3 is 0 Å². The van der Waals surface area contributed by atoms with E-state index < -0.39 is 0 Å². The SMILES string of the molecule is CC1=CCN(C(CN)C(=O)Nc2ccc3cnccc3c2)CC1. The molecule has 120 valence electrons. The number of benzene rings is 1. The van der Waals surface area contributed by atoms with E-state index in [0.29, 0.717) is 6.54 Å². The lowest BCUT2D eigenvalue weighted by molar-refractivity contribution is -0.120. The van der Waals surface area contributed by atoms with Crippen LogP contribution in [-0.4, -0.2) is 41.5 Å². The first-order valence-electron chi connectivity index (χ1n) is 7.92. The van der Waals surface area contributed by atoms with Crippen molar-refractivity contribution in [2.45, 2.75) is 19.4 Å². The van der Waals surface area contributed by atoms with Crippen LogP contribution in [0.4, 0.5) is 5.69 Å². The van der Waals surface area contributed by atoms with Gasteiger partial charge in [-0.2, -0.15) is 0 Å². The van der Waals surface area contributed by atoms with Crippen molar-refractivity contribution < 1.29 is 4.79 Å². The Labute approximate surface area is 136 Å². The number of nitrogens with zero attached hydrogens (tertiary/aromatic N) is 2. The van der Waals surface area contributed by atoms with Gasteiger partial charge in [-0.25, -0.2) is 0 Å². The standard InChI is InChI=1S/C18H22N4O/c1-13-5-8-22(9-6-13)17(11-19)18(23)21-16-3-2-15-12-20-7-4-14(15)10-16/h2-5,7,10,12,17H,6,8-9,11,19H2,1H3,(H,21,23). The van der Waals surface area contributed by atoms with Crippen LogP contribution in [0.1, 0.15) is 13.3 Å². The molecule has 0 saturated heterocycles. The lowest BCUT2D eigenvalue weighted by Crippen LogP contribution is -2.50. The lowest BCUT2D eigenvalue weighted by Gasteiger charge is -2.31. The summed E-state index contributed by atoms with van der Waals surface area (Å²) in [6.45, 7) is 4.10. The summed E-state index contributed by atoms with van der Waals surface area (Å²) in [7, 11) is 0. The molecule has 2 heterocycles. The van der Waals surface area contributed by atoms with E-state index in [4.69, 9.17) is 5.73 Å². The fraction of sp³-hybridized carbons (Fsp3) is 0.333. The highest BCUT2D eigenvalue weighted by atomic mass is 16.2. The lowest BCUT2D eigenvalue weighted by atomic mass is 10.1. The third-order valence-electron chi connectivity index (χ3n) is 4.34. The van der Waals surface area contributed by atoms with Gasteiger partial charge in [0.2, 0.25) is 5.91 Å². The molecule has 0 radical (unpaired) electrons. The van der Waals surface area contributed by atoms with Crippen LogP contribution < -0.4 is 11.1 Å². The number of pyridine rings is 1. The van der Waals surface area contributed by atoms with Crippen LogP contribution in [0.2, 0.25) is 0 Å². The quantitative estimate of drug-likeness (QED) is 0.849. The summed E-state index contributed by atoms with van der Waals surface area (Å²) in [5, 5.41) is 5.10. The topological polar surface area (TPSA) is 71.2 Å². The summed E-state index contributed by atoms with van der Waals surface area (Å²) in [4.78, 5) is 18.8. The van der Waals surface area contributed by atoms with Crippen LogP contribution in [0.3, 0.4) is 0 Å². The Bertz CT molecular complexity index is 741. The predicted molar refractivity (Wildman–Crippen MR) is 93.2 cm³/mol. The molecule has 0 aliphatic carbocycles. The Kier molecular flexibility index (Phi) is 4.69. The molecular weight excluding hydrogens is 288 g/mol. The van der Waals surface area contributed by atoms with Crippen LogP contribution in [0.15, 0.2) is 48.3 Å². The molecule has 2 aromatic rings. The van der Waals surface area contributed by atoms with E-state index in [-0.39, 0.29) is 11.9 Å². The number of hydrogen-bond donors (Lipinski definition) is 2. The fourth-order valence-corrected chi connectivity index (χ4v) is 2.88.